The van der Waals surface area contributed by atoms with E-state index in [0.717, 1.165) is 11.8 Å². The monoisotopic (exact) mass is 401 g/mol. The predicted octanol–water partition coefficient (Wildman–Crippen LogP) is 3.25. The van der Waals surface area contributed by atoms with E-state index in [2.05, 4.69) is 36.9 Å². The molecule has 2 aromatic rings. The summed E-state index contributed by atoms with van der Waals surface area (Å²) in [7, 11) is -5.76. The fraction of sp³-hybridized carbons (Fsp3) is 0.286. The minimum absolute atomic E-state index is 0.195. The number of aldehydes is 1. The summed E-state index contributed by atoms with van der Waals surface area (Å²) in [5.74, 6) is 0. The van der Waals surface area contributed by atoms with Gasteiger partial charge >= 0.3 is 0 Å². The van der Waals surface area contributed by atoms with E-state index in [1.165, 1.54) is 10.8 Å². The average Bonchev–Trinajstić information content (AvgIpc) is 2.59. The van der Waals surface area contributed by atoms with E-state index >= 15 is 0 Å². The van der Waals surface area contributed by atoms with Crippen LogP contribution in [0.25, 0.3) is 0 Å². The number of carbonyl (C=O) groups is 1. The molecule has 6 heteroatoms. The average molecular weight is 402 g/mol. The molecule has 0 aliphatic rings. The van der Waals surface area contributed by atoms with Gasteiger partial charge in [0.1, 0.15) is 14.4 Å². The van der Waals surface area contributed by atoms with Crippen molar-refractivity contribution in [2.75, 3.05) is 0 Å². The summed E-state index contributed by atoms with van der Waals surface area (Å²) >= 11 is 0. The van der Waals surface area contributed by atoms with Crippen LogP contribution in [0.3, 0.4) is 0 Å². The van der Waals surface area contributed by atoms with Gasteiger partial charge in [0.25, 0.3) is 0 Å². The summed E-state index contributed by atoms with van der Waals surface area (Å²) in [6.07, 6.45) is 0.759. The van der Waals surface area contributed by atoms with Gasteiger partial charge in [0.15, 0.2) is 0 Å². The molecule has 0 aliphatic carbocycles. The third-order valence-electron chi connectivity index (χ3n) is 4.67. The molecule has 0 saturated heterocycles. The first-order valence-electron chi connectivity index (χ1n) is 8.90. The standard InChI is InChI=1S/C21H27NO3SSi/c1-16-10-12-20(13-11-16)26(24,25)22-18(3)19(14-23)15-27(4,5)21-9-7-6-8-17(21)2/h6-15,18,22H,1-5H3/b19-15+. The van der Waals surface area contributed by atoms with Crippen LogP contribution >= 0.6 is 0 Å². The Morgan fingerprint density at radius 1 is 1.04 bits per heavy atom. The van der Waals surface area contributed by atoms with E-state index in [1.807, 2.05) is 24.8 Å². The molecule has 0 aromatic heterocycles. The van der Waals surface area contributed by atoms with Crippen LogP contribution in [0.2, 0.25) is 13.1 Å². The van der Waals surface area contributed by atoms with Crippen LogP contribution < -0.4 is 9.91 Å². The largest absolute Gasteiger partial charge is 0.298 e. The Morgan fingerprint density at radius 2 is 1.63 bits per heavy atom. The Bertz CT molecular complexity index is 948. The Kier molecular flexibility index (Phi) is 6.57. The molecule has 0 fully saturated rings. The molecule has 0 saturated carbocycles. The van der Waals surface area contributed by atoms with Crippen molar-refractivity contribution < 1.29 is 13.2 Å². The SMILES string of the molecule is Cc1ccc(S(=O)(=O)NC(C)/C(C=O)=C/[Si](C)(C)c2ccccc2C)cc1. The van der Waals surface area contributed by atoms with Gasteiger partial charge < -0.3 is 0 Å². The zero-order valence-electron chi connectivity index (χ0n) is 16.5. The molecular weight excluding hydrogens is 374 g/mol. The number of hydrogen-bond acceptors (Lipinski definition) is 3. The lowest BCUT2D eigenvalue weighted by Gasteiger charge is -2.24. The van der Waals surface area contributed by atoms with Crippen molar-refractivity contribution in [3.63, 3.8) is 0 Å². The molecular formula is C21H27NO3SSi. The van der Waals surface area contributed by atoms with Gasteiger partial charge in [0.05, 0.1) is 4.90 Å². The minimum atomic E-state index is -3.69. The number of rotatable bonds is 7. The van der Waals surface area contributed by atoms with Crippen LogP contribution in [0.4, 0.5) is 0 Å². The second-order valence-corrected chi connectivity index (χ2v) is 13.4. The summed E-state index contributed by atoms with van der Waals surface area (Å²) < 4.78 is 27.9. The second kappa shape index (κ2) is 8.33. The van der Waals surface area contributed by atoms with Crippen molar-refractivity contribution in [3.8, 4) is 0 Å². The van der Waals surface area contributed by atoms with Crippen molar-refractivity contribution in [1.82, 2.24) is 4.72 Å². The maximum Gasteiger partial charge on any atom is 0.241 e. The molecule has 0 radical (unpaired) electrons. The van der Waals surface area contributed by atoms with Gasteiger partial charge in [-0.25, -0.2) is 13.1 Å². The van der Waals surface area contributed by atoms with Crippen molar-refractivity contribution >= 4 is 29.6 Å². The number of carbonyl (C=O) groups excluding carboxylic acids is 1. The van der Waals surface area contributed by atoms with Gasteiger partial charge in [-0.2, -0.15) is 0 Å². The van der Waals surface area contributed by atoms with Gasteiger partial charge in [-0.05, 0) is 32.9 Å². The maximum absolute atomic E-state index is 12.6. The van der Waals surface area contributed by atoms with Gasteiger partial charge in [-0.3, -0.25) is 4.79 Å². The first kappa shape index (κ1) is 21.3. The van der Waals surface area contributed by atoms with Gasteiger partial charge in [-0.1, -0.05) is 71.5 Å². The highest BCUT2D eigenvalue weighted by molar-refractivity contribution is 7.89. The predicted molar refractivity (Wildman–Crippen MR) is 113 cm³/mol. The molecule has 0 aliphatic heterocycles. The number of aryl methyl sites for hydroxylation is 2. The van der Waals surface area contributed by atoms with Gasteiger partial charge in [-0.15, -0.1) is 0 Å². The van der Waals surface area contributed by atoms with E-state index in [-0.39, 0.29) is 4.90 Å². The highest BCUT2D eigenvalue weighted by Crippen LogP contribution is 2.15. The summed E-state index contributed by atoms with van der Waals surface area (Å²) in [5.41, 5.74) is 4.61. The summed E-state index contributed by atoms with van der Waals surface area (Å²) in [6, 6.07) is 14.2. The second-order valence-electron chi connectivity index (χ2n) is 7.45. The third kappa shape index (κ3) is 5.25. The molecule has 0 spiro atoms. The van der Waals surface area contributed by atoms with Crippen molar-refractivity contribution in [3.05, 3.63) is 70.9 Å². The lowest BCUT2D eigenvalue weighted by atomic mass is 10.2. The lowest BCUT2D eigenvalue weighted by molar-refractivity contribution is -0.105. The van der Waals surface area contributed by atoms with Gasteiger partial charge in [0.2, 0.25) is 10.0 Å². The molecule has 144 valence electrons. The van der Waals surface area contributed by atoms with Crippen LogP contribution in [0.1, 0.15) is 18.1 Å². The quantitative estimate of drug-likeness (QED) is 0.440. The molecule has 1 N–H and O–H groups in total. The topological polar surface area (TPSA) is 63.2 Å². The number of nitrogens with one attached hydrogen (secondary N) is 1. The van der Waals surface area contributed by atoms with Crippen LogP contribution in [0.15, 0.2) is 64.7 Å². The first-order chi connectivity index (χ1) is 12.6. The first-order valence-corrected chi connectivity index (χ1v) is 13.5. The molecule has 27 heavy (non-hydrogen) atoms. The summed E-state index contributed by atoms with van der Waals surface area (Å²) in [4.78, 5) is 11.9. The Balaban J connectivity index is 2.31. The van der Waals surface area contributed by atoms with Crippen molar-refractivity contribution in [1.29, 1.82) is 0 Å². The molecule has 2 aromatic carbocycles. The van der Waals surface area contributed by atoms with Crippen LogP contribution in [-0.2, 0) is 14.8 Å². The normalized spacial score (nSPS) is 14.0. The number of hydrogen-bond donors (Lipinski definition) is 1. The van der Waals surface area contributed by atoms with Crippen molar-refractivity contribution in [2.45, 2.75) is 44.8 Å². The van der Waals surface area contributed by atoms with E-state index in [0.29, 0.717) is 5.57 Å². The summed E-state index contributed by atoms with van der Waals surface area (Å²) in [6.45, 7) is 9.97. The third-order valence-corrected chi connectivity index (χ3v) is 9.23. The minimum Gasteiger partial charge on any atom is -0.298 e. The molecule has 4 nitrogen and oxygen atoms in total. The Labute approximate surface area is 163 Å². The zero-order valence-corrected chi connectivity index (χ0v) is 18.3. The smallest absolute Gasteiger partial charge is 0.241 e. The molecule has 0 bridgehead atoms. The van der Waals surface area contributed by atoms with Crippen LogP contribution in [0.5, 0.6) is 0 Å². The van der Waals surface area contributed by atoms with E-state index in [9.17, 15) is 13.2 Å². The molecule has 0 heterocycles. The highest BCUT2D eigenvalue weighted by atomic mass is 32.2. The van der Waals surface area contributed by atoms with E-state index < -0.39 is 24.1 Å². The lowest BCUT2D eigenvalue weighted by Crippen LogP contribution is -2.43. The molecule has 2 rings (SSSR count). The Morgan fingerprint density at radius 3 is 2.19 bits per heavy atom. The van der Waals surface area contributed by atoms with Gasteiger partial charge in [0, 0.05) is 11.6 Å². The van der Waals surface area contributed by atoms with Crippen LogP contribution in [-0.4, -0.2) is 28.8 Å². The molecule has 1 atom stereocenters. The zero-order chi connectivity index (χ0) is 20.2. The van der Waals surface area contributed by atoms with E-state index in [4.69, 9.17) is 0 Å². The number of benzene rings is 2. The Hall–Kier alpha value is -2.02. The van der Waals surface area contributed by atoms with Crippen molar-refractivity contribution in [2.24, 2.45) is 0 Å². The van der Waals surface area contributed by atoms with Crippen LogP contribution in [0, 0.1) is 13.8 Å². The fourth-order valence-electron chi connectivity index (χ4n) is 3.14. The molecule has 0 amide bonds. The number of sulfonamides is 1. The van der Waals surface area contributed by atoms with E-state index in [1.54, 1.807) is 31.2 Å². The summed E-state index contributed by atoms with van der Waals surface area (Å²) in [5, 5.41) is 1.23. The maximum atomic E-state index is 12.6. The highest BCUT2D eigenvalue weighted by Gasteiger charge is 2.26. The fourth-order valence-corrected chi connectivity index (χ4v) is 7.30. The molecule has 1 unspecified atom stereocenters.